The van der Waals surface area contributed by atoms with Crippen LogP contribution in [0.2, 0.25) is 0 Å². The minimum absolute atomic E-state index is 0.0215. The first-order valence-corrected chi connectivity index (χ1v) is 35.4. The second-order valence-corrected chi connectivity index (χ2v) is 25.9. The SMILES string of the molecule is Cc1ccc(N(C)C(=O)CCc2c(C)nc(N3CCOCC3)[nH]c2=O)cc1.Cc1nc(C)c(CCC(=O)N(C)c2ccccc2)c(=O)[nH]1.Cc1nc(N2CCOCC2)[nH]c(=O)c1CCC(=O)N1CCOc2ccccc21.Cc1nc(N2CCOCC2)[nH]c(=O)c1CCC(=O)Nc1cccc2c1OCC(=O)N2. The summed E-state index contributed by atoms with van der Waals surface area (Å²) in [4.78, 5) is 151. The minimum atomic E-state index is -0.264. The van der Waals surface area contributed by atoms with E-state index in [2.05, 4.69) is 50.5 Å². The summed E-state index contributed by atoms with van der Waals surface area (Å²) in [5.41, 5.74) is 8.69. The molecule has 9 heterocycles. The molecule has 30 heteroatoms. The molecule has 3 fully saturated rings. The van der Waals surface area contributed by atoms with Gasteiger partial charge in [-0.3, -0.25) is 58.1 Å². The van der Waals surface area contributed by atoms with Gasteiger partial charge in [0.25, 0.3) is 28.1 Å². The quantitative estimate of drug-likeness (QED) is 0.0583. The van der Waals surface area contributed by atoms with Gasteiger partial charge in [0.05, 0.1) is 63.2 Å². The molecule has 6 N–H and O–H groups in total. The van der Waals surface area contributed by atoms with E-state index in [1.54, 1.807) is 67.8 Å². The lowest BCUT2D eigenvalue weighted by Crippen LogP contribution is -2.39. The number of anilines is 8. The molecule has 0 spiro atoms. The molecule has 8 aromatic rings. The molecule has 4 aromatic carbocycles. The van der Waals surface area contributed by atoms with Crippen molar-refractivity contribution in [1.82, 2.24) is 39.9 Å². The van der Waals surface area contributed by atoms with E-state index in [1.807, 2.05) is 114 Å². The first-order chi connectivity index (χ1) is 51.1. The second-order valence-electron chi connectivity index (χ2n) is 25.9. The normalized spacial score (nSPS) is 14.5. The zero-order valence-electron chi connectivity index (χ0n) is 61.2. The van der Waals surface area contributed by atoms with Crippen LogP contribution in [-0.4, -0.2) is 182 Å². The highest BCUT2D eigenvalue weighted by molar-refractivity contribution is 6.00. The van der Waals surface area contributed by atoms with Crippen molar-refractivity contribution in [1.29, 1.82) is 0 Å². The number of nitrogens with one attached hydrogen (secondary N) is 6. The number of aryl methyl sites for hydroxylation is 6. The van der Waals surface area contributed by atoms with Crippen LogP contribution in [0.4, 0.5) is 46.3 Å². The average Bonchev–Trinajstić information content (AvgIpc) is 0.865. The number of aromatic nitrogens is 8. The molecule has 0 unspecified atom stereocenters. The van der Waals surface area contributed by atoms with Crippen molar-refractivity contribution < 1.29 is 47.7 Å². The van der Waals surface area contributed by atoms with Gasteiger partial charge in [-0.25, -0.2) is 19.9 Å². The fourth-order valence-corrected chi connectivity index (χ4v) is 12.5. The lowest BCUT2D eigenvalue weighted by atomic mass is 10.1. The number of rotatable bonds is 18. The van der Waals surface area contributed by atoms with Gasteiger partial charge >= 0.3 is 0 Å². The fourth-order valence-electron chi connectivity index (χ4n) is 12.5. The van der Waals surface area contributed by atoms with E-state index >= 15 is 0 Å². The molecule has 0 radical (unpaired) electrons. The van der Waals surface area contributed by atoms with Crippen molar-refractivity contribution in [2.75, 3.05) is 153 Å². The monoisotopic (exact) mass is 1450 g/mol. The largest absolute Gasteiger partial charge is 0.490 e. The molecule has 13 rings (SSSR count). The van der Waals surface area contributed by atoms with Crippen molar-refractivity contribution in [2.45, 2.75) is 92.9 Å². The molecule has 5 aliphatic heterocycles. The lowest BCUT2D eigenvalue weighted by Gasteiger charge is -2.29. The van der Waals surface area contributed by atoms with Crippen molar-refractivity contribution in [3.63, 3.8) is 0 Å². The Morgan fingerprint density at radius 2 is 0.906 bits per heavy atom. The summed E-state index contributed by atoms with van der Waals surface area (Å²) in [7, 11) is 3.49. The summed E-state index contributed by atoms with van der Waals surface area (Å²) in [5, 5.41) is 5.48. The number of amides is 5. The molecule has 0 atom stereocenters. The number of para-hydroxylation sites is 4. The summed E-state index contributed by atoms with van der Waals surface area (Å²) in [6, 6.07) is 29.9. The number of carbonyl (C=O) groups excluding carboxylic acids is 5. The molecule has 0 saturated carbocycles. The van der Waals surface area contributed by atoms with Crippen LogP contribution in [0.15, 0.2) is 116 Å². The summed E-state index contributed by atoms with van der Waals surface area (Å²) in [6.07, 6.45) is 2.27. The number of H-pyrrole nitrogens is 4. The highest BCUT2D eigenvalue weighted by Crippen LogP contribution is 2.36. The second kappa shape index (κ2) is 36.9. The van der Waals surface area contributed by atoms with E-state index in [9.17, 15) is 43.2 Å². The molecule has 0 aliphatic carbocycles. The number of ether oxygens (including phenoxy) is 5. The van der Waals surface area contributed by atoms with Crippen molar-refractivity contribution >= 4 is 75.8 Å². The van der Waals surface area contributed by atoms with Gasteiger partial charge in [0, 0.05) is 135 Å². The third-order valence-electron chi connectivity index (χ3n) is 18.5. The van der Waals surface area contributed by atoms with Gasteiger partial charge < -0.3 is 68.7 Å². The molecule has 30 nitrogen and oxygen atoms in total. The summed E-state index contributed by atoms with van der Waals surface area (Å²) in [5.74, 6) is 2.83. The van der Waals surface area contributed by atoms with E-state index in [1.165, 1.54) is 0 Å². The summed E-state index contributed by atoms with van der Waals surface area (Å²) < 4.78 is 27.0. The summed E-state index contributed by atoms with van der Waals surface area (Å²) >= 11 is 0. The number of morpholine rings is 3. The lowest BCUT2D eigenvalue weighted by molar-refractivity contribution is -0.119. The van der Waals surface area contributed by atoms with Gasteiger partial charge in [-0.1, -0.05) is 54.1 Å². The van der Waals surface area contributed by atoms with Crippen LogP contribution in [-0.2, 0) is 63.9 Å². The molecule has 4 aromatic heterocycles. The Morgan fingerprint density at radius 1 is 0.462 bits per heavy atom. The van der Waals surface area contributed by atoms with E-state index in [0.29, 0.717) is 203 Å². The molecule has 106 heavy (non-hydrogen) atoms. The third-order valence-corrected chi connectivity index (χ3v) is 18.5. The van der Waals surface area contributed by atoms with Crippen LogP contribution < -0.4 is 71.7 Å². The molecule has 5 amide bonds. The zero-order chi connectivity index (χ0) is 75.4. The third kappa shape index (κ3) is 20.5. The van der Waals surface area contributed by atoms with Crippen LogP contribution in [0.25, 0.3) is 0 Å². The number of nitrogens with zero attached hydrogens (tertiary/aromatic N) is 10. The maximum Gasteiger partial charge on any atom is 0.262 e. The maximum absolute atomic E-state index is 12.8. The zero-order valence-corrected chi connectivity index (χ0v) is 61.2. The number of carbonyl (C=O) groups is 5. The van der Waals surface area contributed by atoms with Gasteiger partial charge in [-0.05, 0) is 116 Å². The Hall–Kier alpha value is -11.4. The Balaban J connectivity index is 0.000000152. The molecule has 0 bridgehead atoms. The molecule has 560 valence electrons. The van der Waals surface area contributed by atoms with Crippen LogP contribution in [0.1, 0.15) is 82.1 Å². The van der Waals surface area contributed by atoms with Crippen molar-refractivity contribution in [3.05, 3.63) is 195 Å². The average molecular weight is 1450 g/mol. The van der Waals surface area contributed by atoms with Gasteiger partial charge in [-0.2, -0.15) is 0 Å². The topological polar surface area (TPSA) is 358 Å². The fraction of sp³-hybridized carbons (Fsp3) is 0.408. The van der Waals surface area contributed by atoms with E-state index in [4.69, 9.17) is 23.7 Å². The maximum atomic E-state index is 12.8. The number of hydrogen-bond acceptors (Lipinski definition) is 21. The first-order valence-electron chi connectivity index (χ1n) is 35.4. The predicted molar refractivity (Wildman–Crippen MR) is 403 cm³/mol. The van der Waals surface area contributed by atoms with Crippen molar-refractivity contribution in [2.24, 2.45) is 0 Å². The van der Waals surface area contributed by atoms with Gasteiger partial charge in [-0.15, -0.1) is 0 Å². The number of aromatic amines is 4. The Kier molecular flexibility index (Phi) is 26.9. The van der Waals surface area contributed by atoms with E-state index < -0.39 is 0 Å². The molecular weight excluding hydrogens is 1360 g/mol. The summed E-state index contributed by atoms with van der Waals surface area (Å²) in [6.45, 7) is 19.7. The van der Waals surface area contributed by atoms with Crippen LogP contribution >= 0.6 is 0 Å². The van der Waals surface area contributed by atoms with Gasteiger partial charge in [0.1, 0.15) is 18.2 Å². The number of hydrogen-bond donors (Lipinski definition) is 6. The Morgan fingerprint density at radius 3 is 1.40 bits per heavy atom. The standard InChI is InChI=1S/C20H23N5O5.C20H24N4O4.C20H26N4O3.C16H19N3O2/c1-12-13(19(28)24-20(21-12)25-7-9-29-10-8-25)5-6-16(26)22-14-3-2-4-15-18(14)30-11-17(27)23-15;1-14-15(19(26)22-20(21-14)23-8-11-27-12-9-23)6-7-18(25)24-10-13-28-17-5-3-2-4-16(17)24;1-14-4-6-16(7-5-14)23(3)18(25)9-8-17-15(2)21-20(22-19(17)26)24-10-12-27-13-11-24;1-11-14(16(21)18-12(2)17-11)9-10-15(20)19(3)13-7-5-4-6-8-13/h2-4H,5-11H2,1H3,(H,22,26)(H,23,27)(H,21,24,28);2-5H,6-13H2,1H3,(H,21,22,26);4-7H,8-13H2,1-3H3,(H,21,22,26);4-8H,9-10H2,1-3H3,(H,17,18,21). The Labute approximate surface area is 612 Å². The predicted octanol–water partition coefficient (Wildman–Crippen LogP) is 5.89. The van der Waals surface area contributed by atoms with Crippen LogP contribution in [0.5, 0.6) is 11.5 Å². The molecular formula is C76H92N16O14. The van der Waals surface area contributed by atoms with Crippen LogP contribution in [0, 0.1) is 41.5 Å². The first kappa shape index (κ1) is 77.2. The number of fused-ring (bicyclic) bond motifs is 2. The van der Waals surface area contributed by atoms with Crippen LogP contribution in [0.3, 0.4) is 0 Å². The highest BCUT2D eigenvalue weighted by atomic mass is 16.5. The van der Waals surface area contributed by atoms with Crippen molar-refractivity contribution in [3.8, 4) is 11.5 Å². The highest BCUT2D eigenvalue weighted by Gasteiger charge is 2.27. The van der Waals surface area contributed by atoms with Gasteiger partial charge in [0.2, 0.25) is 41.5 Å². The van der Waals surface area contributed by atoms with E-state index in [-0.39, 0.29) is 90.5 Å². The Bertz CT molecular complexity index is 4660. The number of benzene rings is 4. The van der Waals surface area contributed by atoms with Gasteiger partial charge in [0.15, 0.2) is 12.4 Å². The van der Waals surface area contributed by atoms with E-state index in [0.717, 1.165) is 22.6 Å². The smallest absolute Gasteiger partial charge is 0.262 e. The minimum Gasteiger partial charge on any atom is -0.490 e. The molecule has 3 saturated heterocycles. The molecule has 5 aliphatic rings.